The van der Waals surface area contributed by atoms with Crippen molar-refractivity contribution in [3.63, 3.8) is 0 Å². The number of unbranched alkanes of at least 4 members (excludes halogenated alkanes) is 2. The maximum atomic E-state index is 14.6. The lowest BCUT2D eigenvalue weighted by atomic mass is 9.77. The van der Waals surface area contributed by atoms with E-state index in [0.29, 0.717) is 183 Å². The molecule has 4 amide bonds. The van der Waals surface area contributed by atoms with Crippen LogP contribution in [0.15, 0.2) is 168 Å². The predicted molar refractivity (Wildman–Crippen MR) is 497 cm³/mol. The Morgan fingerprint density at radius 3 is 1.84 bits per heavy atom. The number of ether oxygens (including phenoxy) is 13. The fraction of sp³-hybridized carbons (Fsp3) is 0.458. The van der Waals surface area contributed by atoms with Crippen molar-refractivity contribution >= 4 is 72.2 Å². The number of hydrogen-bond donors (Lipinski definition) is 5. The Labute approximate surface area is 785 Å². The van der Waals surface area contributed by atoms with Gasteiger partial charge in [0.15, 0.2) is 0 Å². The van der Waals surface area contributed by atoms with Gasteiger partial charge in [0.1, 0.15) is 43.9 Å². The van der Waals surface area contributed by atoms with E-state index < -0.39 is 85.7 Å². The number of pyridine rings is 2. The first-order valence-corrected chi connectivity index (χ1v) is 48.6. The second-order valence-corrected chi connectivity index (χ2v) is 35.8. The van der Waals surface area contributed by atoms with Crippen molar-refractivity contribution in [2.45, 2.75) is 133 Å². The molecule has 0 radical (unpaired) electrons. The molecule has 0 spiro atoms. The van der Waals surface area contributed by atoms with Gasteiger partial charge in [-0.2, -0.15) is 4.31 Å². The molecule has 2 aliphatic heterocycles. The van der Waals surface area contributed by atoms with E-state index in [1.807, 2.05) is 98.8 Å². The van der Waals surface area contributed by atoms with Gasteiger partial charge in [-0.25, -0.2) is 46.1 Å². The van der Waals surface area contributed by atoms with E-state index in [4.69, 9.17) is 66.6 Å². The minimum atomic E-state index is -3.57. The third-order valence-corrected chi connectivity index (χ3v) is 24.4. The maximum absolute atomic E-state index is 14.6. The zero-order chi connectivity index (χ0) is 95.8. The van der Waals surface area contributed by atoms with Crippen molar-refractivity contribution in [2.75, 3.05) is 163 Å². The number of amides is 4. The van der Waals surface area contributed by atoms with Gasteiger partial charge in [0.05, 0.1) is 178 Å². The summed E-state index contributed by atoms with van der Waals surface area (Å²) >= 11 is 0. The van der Waals surface area contributed by atoms with Crippen LogP contribution in [0.5, 0.6) is 5.75 Å². The summed E-state index contributed by atoms with van der Waals surface area (Å²) in [6.45, 7) is 11.0. The van der Waals surface area contributed by atoms with Gasteiger partial charge in [0.2, 0.25) is 54.2 Å². The molecule has 11 rings (SSSR count). The number of hydrogen-bond acceptors (Lipinski definition) is 30. The lowest BCUT2D eigenvalue weighted by Gasteiger charge is -2.37. The monoisotopic (exact) mass is 1900 g/mol. The molecule has 37 nitrogen and oxygen atoms in total. The Hall–Kier alpha value is -11.9. The standard InChI is InChI=1S/C96H119N13O24S2/c1-7-95(82-59-85-89-80(64-108(85)91(114)81(82)66-131-92(95)115)78(79-26-17-18-27-83(79)104-89)38-41-109(69(2)3)135(6,119)120)133-94(116)132-65-70-30-34-75(35-31-70)102-90(113)84(28-19-20-39-101-96(72-22-12-9-13-23-72,73-24-14-10-15-25-73)74-32-36-77(121-4)37-33-74)103-88(112)68-130-67-87(111)97-40-43-122-45-47-124-49-51-126-53-55-128-57-58-129-56-54-127-52-50-125-48-46-123-44-42-107-63-76(105-106-107)62-98-86(110)29-16-8-11-21-71-60-99-93(100-61-71)134(5,117)118/h9-10,12-15,17-18,22-27,30-37,59-61,63,69,84,101H,7-8,16,19-20,28-29,38-58,62,64-68H2,1-6H3,(H,97,111)(H,98,110)(H,102,113)(H,103,112)/t84-,95?/m0/s1. The average molecular weight is 1900 g/mol. The molecule has 5 N–H and O–H groups in total. The molecule has 0 fully saturated rings. The number of nitrogens with one attached hydrogen (secondary N) is 5. The molecule has 0 saturated carbocycles. The summed E-state index contributed by atoms with van der Waals surface area (Å²) in [4.78, 5) is 108. The fourth-order valence-electron chi connectivity index (χ4n) is 15.3. The molecular formula is C96H119N13O24S2. The van der Waals surface area contributed by atoms with Crippen LogP contribution in [0, 0.1) is 11.8 Å². The van der Waals surface area contributed by atoms with Crippen molar-refractivity contribution in [3.05, 3.63) is 224 Å². The second-order valence-electron chi connectivity index (χ2n) is 32.0. The number of esters is 1. The number of anilines is 1. The van der Waals surface area contributed by atoms with E-state index in [0.717, 1.165) is 39.5 Å². The van der Waals surface area contributed by atoms with Crippen molar-refractivity contribution in [3.8, 4) is 29.0 Å². The molecule has 4 aromatic heterocycles. The smallest absolute Gasteiger partial charge is 0.497 e. The van der Waals surface area contributed by atoms with Crippen LogP contribution < -0.4 is 36.9 Å². The number of carbonyl (C=O) groups excluding carboxylic acids is 6. The molecule has 0 bridgehead atoms. The summed E-state index contributed by atoms with van der Waals surface area (Å²) in [5.41, 5.74) is 4.78. The highest BCUT2D eigenvalue weighted by Crippen LogP contribution is 2.43. The fourth-order valence-corrected chi connectivity index (χ4v) is 17.0. The van der Waals surface area contributed by atoms with Crippen molar-refractivity contribution in [1.82, 2.24) is 60.1 Å². The third kappa shape index (κ3) is 30.8. The minimum Gasteiger partial charge on any atom is -0.497 e. The number of nitrogens with zero attached hydrogens (tertiary/aromatic N) is 8. The average Bonchev–Trinajstić information content (AvgIpc) is 1.57. The Morgan fingerprint density at radius 1 is 0.652 bits per heavy atom. The molecule has 0 saturated heterocycles. The second kappa shape index (κ2) is 52.8. The number of rotatable bonds is 59. The van der Waals surface area contributed by atoms with Gasteiger partial charge < -0.3 is 87.4 Å². The molecule has 724 valence electrons. The molecule has 39 heteroatoms. The van der Waals surface area contributed by atoms with Crippen molar-refractivity contribution in [1.29, 1.82) is 0 Å². The highest BCUT2D eigenvalue weighted by molar-refractivity contribution is 7.90. The van der Waals surface area contributed by atoms with E-state index in [1.165, 1.54) is 23.0 Å². The van der Waals surface area contributed by atoms with Crippen LogP contribution in [0.4, 0.5) is 10.5 Å². The van der Waals surface area contributed by atoms with Crippen molar-refractivity contribution in [2.24, 2.45) is 0 Å². The lowest BCUT2D eigenvalue weighted by Crippen LogP contribution is -2.47. The van der Waals surface area contributed by atoms with Crippen LogP contribution in [0.2, 0.25) is 0 Å². The Bertz CT molecular complexity index is 5690. The summed E-state index contributed by atoms with van der Waals surface area (Å²) in [5.74, 6) is 3.78. The van der Waals surface area contributed by atoms with Gasteiger partial charge in [0.25, 0.3) is 5.56 Å². The molecule has 5 aromatic carbocycles. The van der Waals surface area contributed by atoms with E-state index in [9.17, 15) is 50.4 Å². The number of carbonyl (C=O) groups is 6. The molecule has 2 aliphatic rings. The van der Waals surface area contributed by atoms with E-state index >= 15 is 0 Å². The summed E-state index contributed by atoms with van der Waals surface area (Å²) in [6, 6.07) is 42.2. The highest BCUT2D eigenvalue weighted by Gasteiger charge is 2.51. The van der Waals surface area contributed by atoms with Crippen LogP contribution in [-0.4, -0.2) is 262 Å². The number of methoxy groups -OCH3 is 1. The lowest BCUT2D eigenvalue weighted by molar-refractivity contribution is -0.175. The quantitative estimate of drug-likeness (QED) is 0.00813. The third-order valence-electron chi connectivity index (χ3n) is 22.1. The molecule has 6 heterocycles. The minimum absolute atomic E-state index is 0.112. The van der Waals surface area contributed by atoms with E-state index in [1.54, 1.807) is 59.8 Å². The van der Waals surface area contributed by atoms with Gasteiger partial charge in [-0.1, -0.05) is 127 Å². The van der Waals surface area contributed by atoms with Crippen molar-refractivity contribution < 1.29 is 107 Å². The van der Waals surface area contributed by atoms with Gasteiger partial charge >= 0.3 is 12.1 Å². The number of benzene rings is 5. The van der Waals surface area contributed by atoms with Crippen LogP contribution in [0.1, 0.15) is 121 Å². The molecule has 1 unspecified atom stereocenters. The molecule has 2 atom stereocenters. The first kappa shape index (κ1) is 104. The number of cyclic esters (lactones) is 1. The van der Waals surface area contributed by atoms with Crippen LogP contribution in [0.3, 0.4) is 0 Å². The van der Waals surface area contributed by atoms with Gasteiger partial charge in [-0.15, -0.1) is 5.10 Å². The number of para-hydroxylation sites is 1. The van der Waals surface area contributed by atoms with Crippen LogP contribution in [0.25, 0.3) is 22.3 Å². The van der Waals surface area contributed by atoms with Gasteiger partial charge in [0, 0.05) is 72.8 Å². The van der Waals surface area contributed by atoms with Gasteiger partial charge in [-0.3, -0.25) is 29.3 Å². The van der Waals surface area contributed by atoms with Crippen LogP contribution >= 0.6 is 0 Å². The predicted octanol–water partition coefficient (Wildman–Crippen LogP) is 7.43. The maximum Gasteiger partial charge on any atom is 0.510 e. The Balaban J connectivity index is 0.551. The highest BCUT2D eigenvalue weighted by atomic mass is 32.2. The topological polar surface area (TPSA) is 445 Å². The molecule has 135 heavy (non-hydrogen) atoms. The largest absolute Gasteiger partial charge is 0.510 e. The van der Waals surface area contributed by atoms with Gasteiger partial charge in [-0.05, 0) is 123 Å². The molecule has 9 aromatic rings. The van der Waals surface area contributed by atoms with E-state index in [-0.39, 0.29) is 100 Å². The summed E-state index contributed by atoms with van der Waals surface area (Å²) < 4.78 is 126. The number of sulfone groups is 1. The summed E-state index contributed by atoms with van der Waals surface area (Å²) in [5, 5.41) is 23.8. The normalized spacial score (nSPS) is 13.7. The van der Waals surface area contributed by atoms with E-state index in [2.05, 4.69) is 83.0 Å². The number of aromatic nitrogens is 7. The first-order chi connectivity index (χ1) is 65.4. The number of fused-ring (bicyclic) bond motifs is 5. The van der Waals surface area contributed by atoms with Crippen LogP contribution in [-0.2, 0) is 151 Å². The zero-order valence-electron chi connectivity index (χ0n) is 76.9. The zero-order valence-corrected chi connectivity index (χ0v) is 78.5. The summed E-state index contributed by atoms with van der Waals surface area (Å²) in [7, 11) is -5.43. The Morgan fingerprint density at radius 2 is 1.24 bits per heavy atom. The molecule has 0 aliphatic carbocycles. The first-order valence-electron chi connectivity index (χ1n) is 44.9. The molecular weight excluding hydrogens is 1780 g/mol. The summed E-state index contributed by atoms with van der Waals surface area (Å²) in [6.07, 6.45) is 8.11. The Kier molecular flexibility index (Phi) is 40.6. The SMILES string of the molecule is CCC1(OC(=O)OCc2ccc(NC(=O)[C@H](CCCCNC(c3ccccc3)(c3ccccc3)c3ccc(OC)cc3)NC(=O)COCC(=O)NCCOCCOCCOCCOCCOCCOCCOCCOCCn3cc(CNC(=O)CCCC#Cc4cnc(S(C)(=O)=O)nc4)nn3)cc2)C(=O)OCc2c1cc1n(c2=O)Cc2c-1nc1ccccc1c2CCN(C(C)C)S(C)(=O)=O. The number of sulfonamides is 1.